The SMILES string of the molecule is CCCCNc1ccc(C(=O)N2CCC[C@@H](COC)C2)cn1. The molecule has 0 radical (unpaired) electrons. The molecule has 2 rings (SSSR count). The monoisotopic (exact) mass is 305 g/mol. The number of carbonyl (C=O) groups is 1. The average Bonchev–Trinajstić information content (AvgIpc) is 2.56. The van der Waals surface area contributed by atoms with Gasteiger partial charge in [0.25, 0.3) is 5.91 Å². The fourth-order valence-electron chi connectivity index (χ4n) is 2.82. The van der Waals surface area contributed by atoms with Gasteiger partial charge in [-0.2, -0.15) is 0 Å². The number of amides is 1. The van der Waals surface area contributed by atoms with Gasteiger partial charge in [0.15, 0.2) is 0 Å². The highest BCUT2D eigenvalue weighted by Gasteiger charge is 2.24. The van der Waals surface area contributed by atoms with Crippen LogP contribution in [0.2, 0.25) is 0 Å². The summed E-state index contributed by atoms with van der Waals surface area (Å²) in [5.41, 5.74) is 0.666. The molecule has 1 fully saturated rings. The molecule has 0 saturated carbocycles. The summed E-state index contributed by atoms with van der Waals surface area (Å²) >= 11 is 0. The van der Waals surface area contributed by atoms with Gasteiger partial charge in [0.05, 0.1) is 12.2 Å². The molecule has 0 spiro atoms. The molecule has 5 nitrogen and oxygen atoms in total. The Morgan fingerprint density at radius 2 is 2.36 bits per heavy atom. The number of hydrogen-bond acceptors (Lipinski definition) is 4. The third-order valence-corrected chi connectivity index (χ3v) is 4.06. The molecule has 1 N–H and O–H groups in total. The first-order chi connectivity index (χ1) is 10.7. The maximum atomic E-state index is 12.5. The van der Waals surface area contributed by atoms with Crippen LogP contribution in [0.25, 0.3) is 0 Å². The van der Waals surface area contributed by atoms with Crippen LogP contribution in [0.4, 0.5) is 5.82 Å². The summed E-state index contributed by atoms with van der Waals surface area (Å²) in [5.74, 6) is 1.36. The quantitative estimate of drug-likeness (QED) is 0.787. The molecule has 1 aliphatic rings. The van der Waals surface area contributed by atoms with E-state index in [9.17, 15) is 4.79 Å². The van der Waals surface area contributed by atoms with Crippen LogP contribution in [0.15, 0.2) is 18.3 Å². The van der Waals surface area contributed by atoms with Crippen LogP contribution in [0.1, 0.15) is 43.0 Å². The molecule has 1 aliphatic heterocycles. The molecule has 5 heteroatoms. The van der Waals surface area contributed by atoms with Crippen LogP contribution < -0.4 is 5.32 Å². The molecule has 0 bridgehead atoms. The number of unbranched alkanes of at least 4 members (excludes halogenated alkanes) is 1. The normalized spacial score (nSPS) is 18.3. The van der Waals surface area contributed by atoms with Crippen molar-refractivity contribution >= 4 is 11.7 Å². The molecule has 0 aliphatic carbocycles. The van der Waals surface area contributed by atoms with Crippen molar-refractivity contribution in [1.82, 2.24) is 9.88 Å². The minimum Gasteiger partial charge on any atom is -0.384 e. The highest BCUT2D eigenvalue weighted by atomic mass is 16.5. The predicted molar refractivity (Wildman–Crippen MR) is 88.1 cm³/mol. The summed E-state index contributed by atoms with van der Waals surface area (Å²) in [6.45, 7) is 5.41. The zero-order valence-electron chi connectivity index (χ0n) is 13.7. The summed E-state index contributed by atoms with van der Waals surface area (Å²) in [4.78, 5) is 18.8. The first-order valence-electron chi connectivity index (χ1n) is 8.22. The van der Waals surface area contributed by atoms with Crippen molar-refractivity contribution in [3.05, 3.63) is 23.9 Å². The van der Waals surface area contributed by atoms with Gasteiger partial charge in [-0.15, -0.1) is 0 Å². The molecule has 122 valence electrons. The van der Waals surface area contributed by atoms with Crippen molar-refractivity contribution in [2.75, 3.05) is 38.7 Å². The lowest BCUT2D eigenvalue weighted by atomic mass is 9.98. The summed E-state index contributed by atoms with van der Waals surface area (Å²) < 4.78 is 5.22. The molecule has 1 atom stereocenters. The van der Waals surface area contributed by atoms with Gasteiger partial charge < -0.3 is 15.0 Å². The second kappa shape index (κ2) is 8.73. The number of aromatic nitrogens is 1. The van der Waals surface area contributed by atoms with Crippen molar-refractivity contribution in [2.45, 2.75) is 32.6 Å². The average molecular weight is 305 g/mol. The van der Waals surface area contributed by atoms with E-state index in [2.05, 4.69) is 17.2 Å². The van der Waals surface area contributed by atoms with Crippen molar-refractivity contribution in [1.29, 1.82) is 0 Å². The lowest BCUT2D eigenvalue weighted by molar-refractivity contribution is 0.0570. The lowest BCUT2D eigenvalue weighted by Gasteiger charge is -2.32. The van der Waals surface area contributed by atoms with Crippen LogP contribution in [0.5, 0.6) is 0 Å². The fourth-order valence-corrected chi connectivity index (χ4v) is 2.82. The Bertz CT molecular complexity index is 459. The summed E-state index contributed by atoms with van der Waals surface area (Å²) in [6.07, 6.45) is 6.13. The fraction of sp³-hybridized carbons (Fsp3) is 0.647. The van der Waals surface area contributed by atoms with Crippen molar-refractivity contribution in [2.24, 2.45) is 5.92 Å². The van der Waals surface area contributed by atoms with Crippen molar-refractivity contribution in [3.63, 3.8) is 0 Å². The van der Waals surface area contributed by atoms with Gasteiger partial charge in [0, 0.05) is 32.9 Å². The van der Waals surface area contributed by atoms with Crippen molar-refractivity contribution < 1.29 is 9.53 Å². The van der Waals surface area contributed by atoms with Gasteiger partial charge in [0.1, 0.15) is 5.82 Å². The van der Waals surface area contributed by atoms with Gasteiger partial charge in [-0.3, -0.25) is 4.79 Å². The van der Waals surface area contributed by atoms with Crippen LogP contribution in [-0.2, 0) is 4.74 Å². The largest absolute Gasteiger partial charge is 0.384 e. The van der Waals surface area contributed by atoms with Gasteiger partial charge in [-0.05, 0) is 37.3 Å². The smallest absolute Gasteiger partial charge is 0.255 e. The number of likely N-dealkylation sites (tertiary alicyclic amines) is 1. The Balaban J connectivity index is 1.91. The Kier molecular flexibility index (Phi) is 6.65. The number of nitrogens with zero attached hydrogens (tertiary/aromatic N) is 2. The first kappa shape index (κ1) is 16.7. The third-order valence-electron chi connectivity index (χ3n) is 4.06. The molecule has 0 unspecified atom stereocenters. The summed E-state index contributed by atoms with van der Waals surface area (Å²) in [6, 6.07) is 3.75. The predicted octanol–water partition coefficient (Wildman–Crippen LogP) is 2.79. The Labute approximate surface area is 133 Å². The highest BCUT2D eigenvalue weighted by molar-refractivity contribution is 5.94. The van der Waals surface area contributed by atoms with E-state index in [1.54, 1.807) is 13.3 Å². The molecule has 2 heterocycles. The molecule has 22 heavy (non-hydrogen) atoms. The standard InChI is InChI=1S/C17H27N3O2/c1-3-4-9-18-16-8-7-15(11-19-16)17(21)20-10-5-6-14(12-20)13-22-2/h7-8,11,14H,3-6,9-10,12-13H2,1-2H3,(H,18,19)/t14-/m1/s1. The molecular weight excluding hydrogens is 278 g/mol. The van der Waals surface area contributed by atoms with Crippen LogP contribution in [-0.4, -0.2) is 49.1 Å². The Morgan fingerprint density at radius 3 is 3.05 bits per heavy atom. The molecule has 1 aromatic heterocycles. The topological polar surface area (TPSA) is 54.5 Å². The van der Waals surface area contributed by atoms with E-state index in [0.717, 1.165) is 57.7 Å². The minimum absolute atomic E-state index is 0.0772. The second-order valence-corrected chi connectivity index (χ2v) is 5.93. The van der Waals surface area contributed by atoms with Crippen LogP contribution in [0, 0.1) is 5.92 Å². The number of piperidine rings is 1. The molecule has 1 amide bonds. The van der Waals surface area contributed by atoms with Gasteiger partial charge >= 0.3 is 0 Å². The summed E-state index contributed by atoms with van der Waals surface area (Å²) in [7, 11) is 1.72. The first-order valence-corrected chi connectivity index (χ1v) is 8.22. The van der Waals surface area contributed by atoms with Gasteiger partial charge in [0.2, 0.25) is 0 Å². The number of methoxy groups -OCH3 is 1. The van der Waals surface area contributed by atoms with Crippen LogP contribution in [0.3, 0.4) is 0 Å². The summed E-state index contributed by atoms with van der Waals surface area (Å²) in [5, 5.41) is 3.26. The molecule has 0 aromatic carbocycles. The Morgan fingerprint density at radius 1 is 1.50 bits per heavy atom. The van der Waals surface area contributed by atoms with E-state index < -0.39 is 0 Å². The highest BCUT2D eigenvalue weighted by Crippen LogP contribution is 2.19. The third kappa shape index (κ3) is 4.70. The number of anilines is 1. The number of carbonyl (C=O) groups excluding carboxylic acids is 1. The number of rotatable bonds is 7. The van der Waals surface area contributed by atoms with E-state index in [-0.39, 0.29) is 5.91 Å². The second-order valence-electron chi connectivity index (χ2n) is 5.93. The zero-order chi connectivity index (χ0) is 15.8. The van der Waals surface area contributed by atoms with Crippen molar-refractivity contribution in [3.8, 4) is 0 Å². The van der Waals surface area contributed by atoms with E-state index in [1.807, 2.05) is 17.0 Å². The van der Waals surface area contributed by atoms with Gasteiger partial charge in [-0.1, -0.05) is 13.3 Å². The van der Waals surface area contributed by atoms with E-state index in [1.165, 1.54) is 0 Å². The lowest BCUT2D eigenvalue weighted by Crippen LogP contribution is -2.41. The van der Waals surface area contributed by atoms with Crippen LogP contribution >= 0.6 is 0 Å². The van der Waals surface area contributed by atoms with E-state index >= 15 is 0 Å². The molecule has 1 saturated heterocycles. The number of pyridine rings is 1. The maximum Gasteiger partial charge on any atom is 0.255 e. The van der Waals surface area contributed by atoms with E-state index in [4.69, 9.17) is 4.74 Å². The molecule has 1 aromatic rings. The Hall–Kier alpha value is -1.62. The maximum absolute atomic E-state index is 12.5. The number of nitrogens with one attached hydrogen (secondary N) is 1. The zero-order valence-corrected chi connectivity index (χ0v) is 13.7. The molecular formula is C17H27N3O2. The number of hydrogen-bond donors (Lipinski definition) is 1. The number of ether oxygens (including phenoxy) is 1. The van der Waals surface area contributed by atoms with E-state index in [0.29, 0.717) is 11.5 Å². The van der Waals surface area contributed by atoms with Gasteiger partial charge in [-0.25, -0.2) is 4.98 Å². The minimum atomic E-state index is 0.0772.